The van der Waals surface area contributed by atoms with Gasteiger partial charge in [0.1, 0.15) is 5.75 Å². The van der Waals surface area contributed by atoms with Gasteiger partial charge >= 0.3 is 12.6 Å². The van der Waals surface area contributed by atoms with Gasteiger partial charge in [0.25, 0.3) is 0 Å². The Morgan fingerprint density at radius 3 is 2.53 bits per heavy atom. The van der Waals surface area contributed by atoms with Crippen LogP contribution in [0.4, 0.5) is 20.2 Å². The molecule has 0 unspecified atom stereocenters. The van der Waals surface area contributed by atoms with Gasteiger partial charge in [-0.05, 0) is 49.8 Å². The molecule has 0 radical (unpaired) electrons. The van der Waals surface area contributed by atoms with E-state index in [0.29, 0.717) is 29.2 Å². The number of hydrogen-bond donors (Lipinski definition) is 2. The molecule has 1 aromatic heterocycles. The minimum Gasteiger partial charge on any atom is -0.465 e. The lowest BCUT2D eigenvalue weighted by molar-refractivity contribution is -0.0493. The summed E-state index contributed by atoms with van der Waals surface area (Å²) in [6.45, 7) is 1.08. The molecule has 0 aliphatic heterocycles. The zero-order valence-electron chi connectivity index (χ0n) is 17.7. The third-order valence-electron chi connectivity index (χ3n) is 4.71. The van der Waals surface area contributed by atoms with Gasteiger partial charge in [0, 0.05) is 0 Å². The molecule has 32 heavy (non-hydrogen) atoms. The van der Waals surface area contributed by atoms with Crippen LogP contribution in [0.25, 0.3) is 0 Å². The third kappa shape index (κ3) is 5.38. The molecule has 168 valence electrons. The smallest absolute Gasteiger partial charge is 0.387 e. The first-order valence-electron chi connectivity index (χ1n) is 9.62. The van der Waals surface area contributed by atoms with Crippen LogP contribution in [-0.4, -0.2) is 34.6 Å². The molecule has 0 saturated heterocycles. The van der Waals surface area contributed by atoms with E-state index < -0.39 is 12.6 Å². The first kappa shape index (κ1) is 23.1. The number of carbonyl (C=O) groups excluding carboxylic acids is 1. The van der Waals surface area contributed by atoms with Crippen molar-refractivity contribution in [2.45, 2.75) is 27.0 Å². The molecule has 0 saturated carbocycles. The Labute approximate surface area is 189 Å². The lowest BCUT2D eigenvalue weighted by atomic mass is 10.1. The Kier molecular flexibility index (Phi) is 7.37. The number of carbonyl (C=O) groups is 1. The lowest BCUT2D eigenvalue weighted by Gasteiger charge is -2.14. The highest BCUT2D eigenvalue weighted by molar-refractivity contribution is 7.80. The summed E-state index contributed by atoms with van der Waals surface area (Å²) in [5, 5.41) is 10.7. The number of thiocarbonyl (C=S) groups is 1. The van der Waals surface area contributed by atoms with Crippen molar-refractivity contribution in [2.24, 2.45) is 0 Å². The number of esters is 1. The predicted molar refractivity (Wildman–Crippen MR) is 122 cm³/mol. The van der Waals surface area contributed by atoms with Crippen LogP contribution in [0.2, 0.25) is 0 Å². The predicted octanol–water partition coefficient (Wildman–Crippen LogP) is 4.75. The second-order valence-corrected chi connectivity index (χ2v) is 7.21. The van der Waals surface area contributed by atoms with Crippen molar-refractivity contribution in [1.29, 1.82) is 0 Å². The molecule has 10 heteroatoms. The number of para-hydroxylation sites is 2. The van der Waals surface area contributed by atoms with E-state index in [1.165, 1.54) is 13.2 Å². The van der Waals surface area contributed by atoms with Crippen molar-refractivity contribution < 1.29 is 23.0 Å². The van der Waals surface area contributed by atoms with E-state index in [2.05, 4.69) is 20.5 Å². The second kappa shape index (κ2) is 10.2. The fraction of sp³-hybridized carbons (Fsp3) is 0.227. The quantitative estimate of drug-likeness (QED) is 0.389. The highest BCUT2D eigenvalue weighted by atomic mass is 32.1. The van der Waals surface area contributed by atoms with Gasteiger partial charge in [0.05, 0.1) is 42.0 Å². The Morgan fingerprint density at radius 1 is 1.12 bits per heavy atom. The van der Waals surface area contributed by atoms with E-state index in [1.54, 1.807) is 35.0 Å². The van der Waals surface area contributed by atoms with Gasteiger partial charge in [-0.1, -0.05) is 30.3 Å². The lowest BCUT2D eigenvalue weighted by Crippen LogP contribution is -2.20. The Morgan fingerprint density at radius 2 is 1.81 bits per heavy atom. The van der Waals surface area contributed by atoms with Crippen molar-refractivity contribution in [3.8, 4) is 5.75 Å². The summed E-state index contributed by atoms with van der Waals surface area (Å²) >= 11 is 5.36. The normalized spacial score (nSPS) is 10.7. The van der Waals surface area contributed by atoms with Crippen molar-refractivity contribution in [2.75, 3.05) is 17.7 Å². The summed E-state index contributed by atoms with van der Waals surface area (Å²) in [5.41, 5.74) is 3.66. The average Bonchev–Trinajstić information content (AvgIpc) is 3.02. The molecule has 0 atom stereocenters. The fourth-order valence-electron chi connectivity index (χ4n) is 3.20. The number of hydrogen-bond acceptors (Lipinski definition) is 5. The second-order valence-electron chi connectivity index (χ2n) is 6.81. The Balaban J connectivity index is 1.78. The van der Waals surface area contributed by atoms with E-state index >= 15 is 0 Å². The fourth-order valence-corrected chi connectivity index (χ4v) is 3.41. The van der Waals surface area contributed by atoms with Gasteiger partial charge in [0.2, 0.25) is 0 Å². The van der Waals surface area contributed by atoms with E-state index in [0.717, 1.165) is 11.3 Å². The summed E-state index contributed by atoms with van der Waals surface area (Å²) in [7, 11) is 1.34. The number of halogens is 2. The first-order chi connectivity index (χ1) is 15.3. The van der Waals surface area contributed by atoms with Crippen molar-refractivity contribution >= 4 is 34.7 Å². The number of nitrogens with zero attached hydrogens (tertiary/aromatic N) is 2. The molecule has 0 fully saturated rings. The van der Waals surface area contributed by atoms with Crippen LogP contribution < -0.4 is 15.4 Å². The zero-order chi connectivity index (χ0) is 23.3. The standard InChI is InChI=1S/C22H22F2N4O3S/c1-13-19(26-22(32)25-17-10-6-7-11-18(17)31-21(23)24)14(2)28(27-13)12-15-8-4-5-9-16(15)20(29)30-3/h4-11,21H,12H2,1-3H3,(H2,25,26,32). The molecule has 0 spiro atoms. The molecule has 0 bridgehead atoms. The molecule has 0 amide bonds. The van der Waals surface area contributed by atoms with E-state index in [-0.39, 0.29) is 10.9 Å². The summed E-state index contributed by atoms with van der Waals surface area (Å²) in [5.74, 6) is -0.439. The van der Waals surface area contributed by atoms with Crippen molar-refractivity contribution in [1.82, 2.24) is 9.78 Å². The van der Waals surface area contributed by atoms with Crippen LogP contribution in [0, 0.1) is 13.8 Å². The number of anilines is 2. The number of benzene rings is 2. The number of nitrogens with one attached hydrogen (secondary N) is 2. The molecular formula is C22H22F2N4O3S. The van der Waals surface area contributed by atoms with Crippen LogP contribution in [0.15, 0.2) is 48.5 Å². The van der Waals surface area contributed by atoms with Gasteiger partial charge in [-0.2, -0.15) is 13.9 Å². The van der Waals surface area contributed by atoms with Crippen LogP contribution >= 0.6 is 12.2 Å². The minimum absolute atomic E-state index is 0.0183. The van der Waals surface area contributed by atoms with E-state index in [4.69, 9.17) is 17.0 Å². The molecule has 7 nitrogen and oxygen atoms in total. The highest BCUT2D eigenvalue weighted by Gasteiger charge is 2.17. The van der Waals surface area contributed by atoms with Gasteiger partial charge in [-0.15, -0.1) is 0 Å². The molecule has 1 heterocycles. The number of rotatable bonds is 7. The molecule has 3 aromatic rings. The maximum atomic E-state index is 12.6. The van der Waals surface area contributed by atoms with Crippen LogP contribution in [-0.2, 0) is 11.3 Å². The molecule has 2 aromatic carbocycles. The monoisotopic (exact) mass is 460 g/mol. The van der Waals surface area contributed by atoms with Crippen LogP contribution in [0.1, 0.15) is 27.3 Å². The summed E-state index contributed by atoms with van der Waals surface area (Å²) in [6.07, 6.45) is 0. The molecule has 2 N–H and O–H groups in total. The average molecular weight is 461 g/mol. The van der Waals surface area contributed by atoms with Crippen molar-refractivity contribution in [3.63, 3.8) is 0 Å². The third-order valence-corrected chi connectivity index (χ3v) is 4.92. The number of alkyl halides is 2. The van der Waals surface area contributed by atoms with Crippen LogP contribution in [0.5, 0.6) is 5.75 Å². The van der Waals surface area contributed by atoms with Gasteiger partial charge in [-0.25, -0.2) is 4.79 Å². The van der Waals surface area contributed by atoms with Gasteiger partial charge < -0.3 is 20.1 Å². The SMILES string of the molecule is COC(=O)c1ccccc1Cn1nc(C)c(NC(=S)Nc2ccccc2OC(F)F)c1C. The maximum absolute atomic E-state index is 12.6. The first-order valence-corrected chi connectivity index (χ1v) is 10.0. The Bertz CT molecular complexity index is 1130. The van der Waals surface area contributed by atoms with Crippen LogP contribution in [0.3, 0.4) is 0 Å². The Hall–Kier alpha value is -3.53. The summed E-state index contributed by atoms with van der Waals surface area (Å²) in [4.78, 5) is 12.0. The van der Waals surface area contributed by atoms with E-state index in [9.17, 15) is 13.6 Å². The molecular weight excluding hydrogens is 438 g/mol. The number of methoxy groups -OCH3 is 1. The summed E-state index contributed by atoms with van der Waals surface area (Å²) < 4.78 is 36.4. The van der Waals surface area contributed by atoms with Gasteiger partial charge in [0.15, 0.2) is 5.11 Å². The highest BCUT2D eigenvalue weighted by Crippen LogP contribution is 2.27. The van der Waals surface area contributed by atoms with E-state index in [1.807, 2.05) is 26.0 Å². The maximum Gasteiger partial charge on any atom is 0.387 e. The number of aromatic nitrogens is 2. The molecule has 0 aliphatic rings. The number of aryl methyl sites for hydroxylation is 1. The summed E-state index contributed by atoms with van der Waals surface area (Å²) in [6, 6.07) is 13.4. The molecule has 0 aliphatic carbocycles. The zero-order valence-corrected chi connectivity index (χ0v) is 18.5. The molecule has 3 rings (SSSR count). The largest absolute Gasteiger partial charge is 0.465 e. The minimum atomic E-state index is -2.95. The topological polar surface area (TPSA) is 77.4 Å². The number of ether oxygens (including phenoxy) is 2. The van der Waals surface area contributed by atoms with Crippen molar-refractivity contribution in [3.05, 3.63) is 71.0 Å². The van der Waals surface area contributed by atoms with Gasteiger partial charge in [-0.3, -0.25) is 4.68 Å².